The van der Waals surface area contributed by atoms with Crippen molar-refractivity contribution in [2.24, 2.45) is 0 Å². The third-order valence-corrected chi connectivity index (χ3v) is 5.27. The van der Waals surface area contributed by atoms with Crippen LogP contribution in [0, 0.1) is 0 Å². The van der Waals surface area contributed by atoms with Crippen LogP contribution >= 0.6 is 0 Å². The molecule has 3 heterocycles. The van der Waals surface area contributed by atoms with Crippen LogP contribution in [0.5, 0.6) is 0 Å². The molecule has 3 heteroatoms. The third-order valence-electron chi connectivity index (χ3n) is 5.27. The zero-order valence-electron chi connectivity index (χ0n) is 14.5. The van der Waals surface area contributed by atoms with Gasteiger partial charge in [0, 0.05) is 33.9 Å². The lowest BCUT2D eigenvalue weighted by molar-refractivity contribution is 1.08. The van der Waals surface area contributed by atoms with Crippen LogP contribution in [0.1, 0.15) is 0 Å². The van der Waals surface area contributed by atoms with E-state index in [2.05, 4.69) is 70.2 Å². The van der Waals surface area contributed by atoms with Crippen molar-refractivity contribution in [2.75, 3.05) is 0 Å². The van der Waals surface area contributed by atoms with E-state index in [4.69, 9.17) is 4.98 Å². The number of hydrogen-bond acceptors (Lipinski definition) is 2. The summed E-state index contributed by atoms with van der Waals surface area (Å²) in [4.78, 5) is 9.38. The molecule has 0 N–H and O–H groups in total. The topological polar surface area (TPSA) is 30.7 Å². The van der Waals surface area contributed by atoms with Gasteiger partial charge in [0.1, 0.15) is 5.82 Å². The molecule has 0 radical (unpaired) electrons. The van der Waals surface area contributed by atoms with Gasteiger partial charge in [-0.25, -0.2) is 4.98 Å². The molecular weight excluding hydrogens is 330 g/mol. The van der Waals surface area contributed by atoms with Crippen molar-refractivity contribution in [3.63, 3.8) is 0 Å². The molecule has 0 amide bonds. The van der Waals surface area contributed by atoms with E-state index < -0.39 is 0 Å². The SMILES string of the molecule is c1ccc(-n2c3ccccc3c3c4ccccc4c4ncccc4c32)nc1. The molecule has 0 aliphatic carbocycles. The molecular formula is C24H15N3. The maximum atomic E-state index is 4.73. The zero-order valence-corrected chi connectivity index (χ0v) is 14.5. The average Bonchev–Trinajstić information content (AvgIpc) is 3.10. The zero-order chi connectivity index (χ0) is 17.8. The Morgan fingerprint density at radius 2 is 1.26 bits per heavy atom. The smallest absolute Gasteiger partial charge is 0.137 e. The highest BCUT2D eigenvalue weighted by molar-refractivity contribution is 6.31. The fourth-order valence-electron chi connectivity index (χ4n) is 4.21. The van der Waals surface area contributed by atoms with Crippen molar-refractivity contribution < 1.29 is 0 Å². The highest BCUT2D eigenvalue weighted by Gasteiger charge is 2.18. The van der Waals surface area contributed by atoms with E-state index in [-0.39, 0.29) is 0 Å². The van der Waals surface area contributed by atoms with Gasteiger partial charge < -0.3 is 0 Å². The first-order valence-electron chi connectivity index (χ1n) is 9.03. The summed E-state index contributed by atoms with van der Waals surface area (Å²) in [5, 5.41) is 6.05. The summed E-state index contributed by atoms with van der Waals surface area (Å²) in [7, 11) is 0. The summed E-state index contributed by atoms with van der Waals surface area (Å²) < 4.78 is 2.26. The first-order chi connectivity index (χ1) is 13.4. The molecule has 0 unspecified atom stereocenters. The van der Waals surface area contributed by atoms with Gasteiger partial charge in [0.15, 0.2) is 0 Å². The van der Waals surface area contributed by atoms with E-state index in [1.165, 1.54) is 21.5 Å². The Hall–Kier alpha value is -3.72. The van der Waals surface area contributed by atoms with Gasteiger partial charge in [-0.3, -0.25) is 9.55 Å². The van der Waals surface area contributed by atoms with Crippen LogP contribution in [0.3, 0.4) is 0 Å². The molecule has 6 aromatic rings. The van der Waals surface area contributed by atoms with Crippen LogP contribution in [-0.2, 0) is 0 Å². The van der Waals surface area contributed by atoms with Crippen LogP contribution in [0.2, 0.25) is 0 Å². The minimum Gasteiger partial charge on any atom is -0.293 e. The summed E-state index contributed by atoms with van der Waals surface area (Å²) in [5.41, 5.74) is 3.35. The number of aromatic nitrogens is 3. The Labute approximate surface area is 155 Å². The minimum atomic E-state index is 0.920. The van der Waals surface area contributed by atoms with E-state index in [1.807, 2.05) is 30.6 Å². The van der Waals surface area contributed by atoms with Crippen molar-refractivity contribution in [1.29, 1.82) is 0 Å². The summed E-state index contributed by atoms with van der Waals surface area (Å²) in [6.45, 7) is 0. The third kappa shape index (κ3) is 1.91. The van der Waals surface area contributed by atoms with Gasteiger partial charge in [0.05, 0.1) is 16.6 Å². The number of benzene rings is 3. The fourth-order valence-corrected chi connectivity index (χ4v) is 4.21. The monoisotopic (exact) mass is 345 g/mol. The molecule has 3 nitrogen and oxygen atoms in total. The highest BCUT2D eigenvalue weighted by atomic mass is 15.1. The van der Waals surface area contributed by atoms with E-state index in [9.17, 15) is 0 Å². The van der Waals surface area contributed by atoms with E-state index >= 15 is 0 Å². The van der Waals surface area contributed by atoms with Gasteiger partial charge in [0.25, 0.3) is 0 Å². The molecule has 3 aromatic carbocycles. The molecule has 0 saturated heterocycles. The van der Waals surface area contributed by atoms with Crippen molar-refractivity contribution in [3.05, 3.63) is 91.3 Å². The summed E-state index contributed by atoms with van der Waals surface area (Å²) in [6, 6.07) is 27.3. The quantitative estimate of drug-likeness (QED) is 0.348. The normalized spacial score (nSPS) is 11.7. The molecule has 27 heavy (non-hydrogen) atoms. The number of rotatable bonds is 1. The molecule has 0 bridgehead atoms. The van der Waals surface area contributed by atoms with E-state index in [1.54, 1.807) is 0 Å². The van der Waals surface area contributed by atoms with Crippen molar-refractivity contribution in [2.45, 2.75) is 0 Å². The summed E-state index contributed by atoms with van der Waals surface area (Å²) >= 11 is 0. The van der Waals surface area contributed by atoms with Crippen LogP contribution in [0.15, 0.2) is 91.3 Å². The Morgan fingerprint density at radius 3 is 2.11 bits per heavy atom. The molecule has 0 atom stereocenters. The second-order valence-corrected chi connectivity index (χ2v) is 6.71. The van der Waals surface area contributed by atoms with Crippen LogP contribution in [-0.4, -0.2) is 14.5 Å². The summed E-state index contributed by atoms with van der Waals surface area (Å²) in [5.74, 6) is 0.920. The van der Waals surface area contributed by atoms with Crippen LogP contribution in [0.4, 0.5) is 0 Å². The van der Waals surface area contributed by atoms with E-state index in [0.717, 1.165) is 27.8 Å². The highest BCUT2D eigenvalue weighted by Crippen LogP contribution is 2.41. The average molecular weight is 345 g/mol. The van der Waals surface area contributed by atoms with Crippen molar-refractivity contribution in [3.8, 4) is 5.82 Å². The van der Waals surface area contributed by atoms with Gasteiger partial charge in [0.2, 0.25) is 0 Å². The lowest BCUT2D eigenvalue weighted by Crippen LogP contribution is -1.97. The maximum absolute atomic E-state index is 4.73. The van der Waals surface area contributed by atoms with Gasteiger partial charge in [-0.15, -0.1) is 0 Å². The first-order valence-corrected chi connectivity index (χ1v) is 9.03. The van der Waals surface area contributed by atoms with Gasteiger partial charge in [-0.1, -0.05) is 48.5 Å². The molecule has 6 rings (SSSR count). The predicted molar refractivity (Wildman–Crippen MR) is 111 cm³/mol. The summed E-state index contributed by atoms with van der Waals surface area (Å²) in [6.07, 6.45) is 3.71. The second-order valence-electron chi connectivity index (χ2n) is 6.71. The maximum Gasteiger partial charge on any atom is 0.137 e. The second kappa shape index (κ2) is 5.39. The molecule has 126 valence electrons. The van der Waals surface area contributed by atoms with Gasteiger partial charge in [-0.2, -0.15) is 0 Å². The van der Waals surface area contributed by atoms with Crippen molar-refractivity contribution >= 4 is 43.5 Å². The standard InChI is InChI=1S/C24H15N3/c1-2-9-17-16(8-1)22-18-10-3-4-12-20(18)27(21-13-5-6-14-25-21)24(22)19-11-7-15-26-23(17)19/h1-15H. The number of pyridine rings is 2. The van der Waals surface area contributed by atoms with Gasteiger partial charge in [-0.05, 0) is 35.7 Å². The van der Waals surface area contributed by atoms with Crippen molar-refractivity contribution in [1.82, 2.24) is 14.5 Å². The van der Waals surface area contributed by atoms with Crippen LogP contribution < -0.4 is 0 Å². The molecule has 0 aliphatic heterocycles. The Bertz CT molecular complexity index is 1460. The predicted octanol–water partition coefficient (Wildman–Crippen LogP) is 5.88. The Morgan fingerprint density at radius 1 is 0.556 bits per heavy atom. The first kappa shape index (κ1) is 14.4. The molecule has 0 fully saturated rings. The molecule has 0 aliphatic rings. The number of para-hydroxylation sites is 1. The molecule has 0 saturated carbocycles. The number of nitrogens with zero attached hydrogens (tertiary/aromatic N) is 3. The Kier molecular flexibility index (Phi) is 2.88. The van der Waals surface area contributed by atoms with E-state index in [0.29, 0.717) is 0 Å². The van der Waals surface area contributed by atoms with Crippen LogP contribution in [0.25, 0.3) is 49.3 Å². The lowest BCUT2D eigenvalue weighted by Gasteiger charge is -2.10. The fraction of sp³-hybridized carbons (Fsp3) is 0. The number of hydrogen-bond donors (Lipinski definition) is 0. The minimum absolute atomic E-state index is 0.920. The molecule has 3 aromatic heterocycles. The Balaban J connectivity index is 2.02. The van der Waals surface area contributed by atoms with Gasteiger partial charge >= 0.3 is 0 Å². The number of fused-ring (bicyclic) bond motifs is 8. The molecule has 0 spiro atoms. The lowest BCUT2D eigenvalue weighted by atomic mass is 10.00. The largest absolute Gasteiger partial charge is 0.293 e.